The molecule has 1 aromatic heterocycles. The summed E-state index contributed by atoms with van der Waals surface area (Å²) in [5.41, 5.74) is 8.24. The fourth-order valence-corrected chi connectivity index (χ4v) is 8.27. The summed E-state index contributed by atoms with van der Waals surface area (Å²) in [6.07, 6.45) is 4.81. The number of ether oxygens (including phenoxy) is 1. The molecule has 0 fully saturated rings. The number of methoxy groups -OCH3 is 1. The Morgan fingerprint density at radius 3 is 2.02 bits per heavy atom. The Morgan fingerprint density at radius 2 is 1.38 bits per heavy atom. The molecule has 4 aromatic rings. The molecule has 7 rings (SSSR count). The SMILES string of the molecule is COCCN1C2=C(C(=O)CC(C)(C)C2)C(c2cn(Cc3c(C)ccc4ccccc34)c3ccccc23)C2=C1CC(C)(C)CC2=O. The lowest BCUT2D eigenvalue weighted by Crippen LogP contribution is -2.45. The van der Waals surface area contributed by atoms with Gasteiger partial charge in [0.2, 0.25) is 0 Å². The number of aryl methyl sites for hydroxylation is 1. The van der Waals surface area contributed by atoms with E-state index in [9.17, 15) is 9.59 Å². The van der Waals surface area contributed by atoms with Crippen molar-refractivity contribution < 1.29 is 14.3 Å². The van der Waals surface area contributed by atoms with Crippen molar-refractivity contribution in [2.45, 2.75) is 72.8 Å². The smallest absolute Gasteiger partial charge is 0.162 e. The third-order valence-electron chi connectivity index (χ3n) is 10.3. The van der Waals surface area contributed by atoms with Crippen molar-refractivity contribution in [3.8, 4) is 0 Å². The van der Waals surface area contributed by atoms with Gasteiger partial charge in [0.05, 0.1) is 6.61 Å². The van der Waals surface area contributed by atoms with Gasteiger partial charge in [-0.05, 0) is 64.1 Å². The predicted molar refractivity (Wildman–Crippen MR) is 181 cm³/mol. The molecule has 232 valence electrons. The van der Waals surface area contributed by atoms with Crippen LogP contribution < -0.4 is 0 Å². The van der Waals surface area contributed by atoms with Gasteiger partial charge >= 0.3 is 0 Å². The highest BCUT2D eigenvalue weighted by molar-refractivity contribution is 6.08. The van der Waals surface area contributed by atoms with Crippen LogP contribution in [0.4, 0.5) is 0 Å². The molecule has 0 bridgehead atoms. The van der Waals surface area contributed by atoms with Crippen LogP contribution in [-0.2, 0) is 20.9 Å². The summed E-state index contributed by atoms with van der Waals surface area (Å²) in [4.78, 5) is 31.0. The molecule has 0 radical (unpaired) electrons. The summed E-state index contributed by atoms with van der Waals surface area (Å²) in [5.74, 6) is -0.0417. The molecule has 45 heavy (non-hydrogen) atoms. The molecular weight excluding hydrogens is 556 g/mol. The summed E-state index contributed by atoms with van der Waals surface area (Å²) < 4.78 is 7.91. The quantitative estimate of drug-likeness (QED) is 0.223. The number of aromatic nitrogens is 1. The molecule has 2 heterocycles. The van der Waals surface area contributed by atoms with Crippen LogP contribution in [0.15, 0.2) is 89.4 Å². The molecule has 0 atom stereocenters. The van der Waals surface area contributed by atoms with Crippen molar-refractivity contribution in [3.05, 3.63) is 106 Å². The number of fused-ring (bicyclic) bond motifs is 2. The van der Waals surface area contributed by atoms with Gasteiger partial charge < -0.3 is 14.2 Å². The van der Waals surface area contributed by atoms with E-state index in [2.05, 4.69) is 111 Å². The molecule has 5 heteroatoms. The molecule has 0 amide bonds. The Labute approximate surface area is 266 Å². The van der Waals surface area contributed by atoms with Crippen LogP contribution in [0.25, 0.3) is 21.7 Å². The molecule has 3 aliphatic rings. The Bertz CT molecular complexity index is 1880. The normalized spacial score (nSPS) is 19.9. The van der Waals surface area contributed by atoms with Crippen LogP contribution >= 0.6 is 0 Å². The third kappa shape index (κ3) is 5.06. The maximum atomic E-state index is 14.3. The first-order valence-corrected chi connectivity index (χ1v) is 16.3. The zero-order valence-corrected chi connectivity index (χ0v) is 27.5. The van der Waals surface area contributed by atoms with Crippen LogP contribution in [0.1, 0.15) is 76.0 Å². The summed E-state index contributed by atoms with van der Waals surface area (Å²) >= 11 is 0. The van der Waals surface area contributed by atoms with Crippen molar-refractivity contribution in [1.29, 1.82) is 0 Å². The van der Waals surface area contributed by atoms with Crippen molar-refractivity contribution >= 4 is 33.2 Å². The second-order valence-electron chi connectivity index (χ2n) is 15.0. The second kappa shape index (κ2) is 10.8. The maximum absolute atomic E-state index is 14.3. The number of Topliss-reactive ketones (excluding diaryl/α,β-unsaturated/α-hetero) is 2. The van der Waals surface area contributed by atoms with Crippen molar-refractivity contribution in [3.63, 3.8) is 0 Å². The highest BCUT2D eigenvalue weighted by Gasteiger charge is 2.49. The Kier molecular flexibility index (Phi) is 7.16. The number of hydrogen-bond donors (Lipinski definition) is 0. The van der Waals surface area contributed by atoms with E-state index in [4.69, 9.17) is 4.74 Å². The fourth-order valence-electron chi connectivity index (χ4n) is 8.27. The van der Waals surface area contributed by atoms with Crippen LogP contribution in [0.5, 0.6) is 0 Å². The fraction of sp³-hybridized carbons (Fsp3) is 0.400. The molecular formula is C40H44N2O3. The molecule has 0 spiro atoms. The van der Waals surface area contributed by atoms with E-state index < -0.39 is 0 Å². The van der Waals surface area contributed by atoms with E-state index in [1.807, 2.05) is 0 Å². The van der Waals surface area contributed by atoms with Crippen LogP contribution in [0, 0.1) is 17.8 Å². The summed E-state index contributed by atoms with van der Waals surface area (Å²) in [5, 5.41) is 3.60. The van der Waals surface area contributed by atoms with E-state index in [1.165, 1.54) is 21.9 Å². The topological polar surface area (TPSA) is 51.5 Å². The minimum Gasteiger partial charge on any atom is -0.383 e. The first-order chi connectivity index (χ1) is 21.5. The van der Waals surface area contributed by atoms with E-state index in [0.29, 0.717) is 32.5 Å². The van der Waals surface area contributed by atoms with Crippen LogP contribution in [0.2, 0.25) is 0 Å². The Morgan fingerprint density at radius 1 is 0.778 bits per heavy atom. The van der Waals surface area contributed by atoms with Crippen molar-refractivity contribution in [1.82, 2.24) is 9.47 Å². The van der Waals surface area contributed by atoms with E-state index in [-0.39, 0.29) is 28.3 Å². The summed E-state index contributed by atoms with van der Waals surface area (Å²) in [6.45, 7) is 12.8. The molecule has 0 saturated carbocycles. The van der Waals surface area contributed by atoms with Gasteiger partial charge in [0.25, 0.3) is 0 Å². The number of benzene rings is 3. The average molecular weight is 601 g/mol. The number of carbonyl (C=O) groups excluding carboxylic acids is 2. The number of para-hydroxylation sites is 1. The van der Waals surface area contributed by atoms with Gasteiger partial charge in [0.1, 0.15) is 0 Å². The van der Waals surface area contributed by atoms with Crippen molar-refractivity contribution in [2.24, 2.45) is 10.8 Å². The van der Waals surface area contributed by atoms with Gasteiger partial charge in [-0.15, -0.1) is 0 Å². The number of allylic oxidation sites excluding steroid dienone is 4. The lowest BCUT2D eigenvalue weighted by atomic mass is 9.63. The first-order valence-electron chi connectivity index (χ1n) is 16.3. The van der Waals surface area contributed by atoms with E-state index >= 15 is 0 Å². The number of rotatable bonds is 6. The summed E-state index contributed by atoms with van der Waals surface area (Å²) in [6, 6.07) is 21.5. The van der Waals surface area contributed by atoms with E-state index in [1.54, 1.807) is 7.11 Å². The predicted octanol–water partition coefficient (Wildman–Crippen LogP) is 8.48. The first kappa shape index (κ1) is 29.7. The largest absolute Gasteiger partial charge is 0.383 e. The number of carbonyl (C=O) groups is 2. The molecule has 0 saturated heterocycles. The molecule has 5 nitrogen and oxygen atoms in total. The minimum atomic E-state index is -0.374. The molecule has 0 N–H and O–H groups in total. The number of nitrogens with zero attached hydrogens (tertiary/aromatic N) is 2. The maximum Gasteiger partial charge on any atom is 0.162 e. The van der Waals surface area contributed by atoms with Gasteiger partial charge in [-0.1, -0.05) is 82.3 Å². The number of hydrogen-bond acceptors (Lipinski definition) is 4. The monoisotopic (exact) mass is 600 g/mol. The number of ketones is 2. The zero-order valence-electron chi connectivity index (χ0n) is 27.5. The van der Waals surface area contributed by atoms with Gasteiger partial charge in [-0.2, -0.15) is 0 Å². The average Bonchev–Trinajstić information content (AvgIpc) is 3.34. The highest BCUT2D eigenvalue weighted by Crippen LogP contribution is 2.55. The Hall–Kier alpha value is -3.96. The molecule has 2 aliphatic carbocycles. The van der Waals surface area contributed by atoms with Gasteiger partial charge in [0.15, 0.2) is 11.6 Å². The molecule has 1 aliphatic heterocycles. The lowest BCUT2D eigenvalue weighted by Gasteiger charge is -2.49. The van der Waals surface area contributed by atoms with Crippen LogP contribution in [0.3, 0.4) is 0 Å². The second-order valence-corrected chi connectivity index (χ2v) is 15.0. The standard InChI is InChI=1S/C40H44N2O3/c1-25-15-16-26-11-7-8-12-27(26)29(25)23-41-24-30(28-13-9-10-14-31(28)41)36-37-32(19-39(2,3)21-34(37)43)42(17-18-45-6)33-20-40(4,5)22-35(44)38(33)36/h7-16,24,36H,17-23H2,1-6H3. The highest BCUT2D eigenvalue weighted by atomic mass is 16.5. The minimum absolute atomic E-state index is 0.155. The Balaban J connectivity index is 1.47. The van der Waals surface area contributed by atoms with Gasteiger partial charge in [-0.3, -0.25) is 9.59 Å². The molecule has 3 aromatic carbocycles. The lowest BCUT2D eigenvalue weighted by molar-refractivity contribution is -0.119. The van der Waals surface area contributed by atoms with Gasteiger partial charge in [0, 0.05) is 78.6 Å². The third-order valence-corrected chi connectivity index (χ3v) is 10.3. The zero-order chi connectivity index (χ0) is 31.7. The van der Waals surface area contributed by atoms with Gasteiger partial charge in [-0.25, -0.2) is 0 Å². The summed E-state index contributed by atoms with van der Waals surface area (Å²) in [7, 11) is 1.72. The van der Waals surface area contributed by atoms with Crippen LogP contribution in [-0.4, -0.2) is 41.3 Å². The van der Waals surface area contributed by atoms with Crippen molar-refractivity contribution in [2.75, 3.05) is 20.3 Å². The molecule has 0 unspecified atom stereocenters. The van der Waals surface area contributed by atoms with E-state index in [0.717, 1.165) is 51.8 Å².